The monoisotopic (exact) mass is 321 g/mol. The largest absolute Gasteiger partial charge is 0.402 e. The zero-order valence-electron chi connectivity index (χ0n) is 14.0. The van der Waals surface area contributed by atoms with Gasteiger partial charge in [-0.05, 0) is 38.7 Å². The smallest absolute Gasteiger partial charge is 0.161 e. The van der Waals surface area contributed by atoms with Crippen LogP contribution in [0.2, 0.25) is 0 Å². The molecule has 0 saturated carbocycles. The molecule has 24 heavy (non-hydrogen) atoms. The van der Waals surface area contributed by atoms with E-state index in [0.29, 0.717) is 23.2 Å². The van der Waals surface area contributed by atoms with Gasteiger partial charge in [-0.3, -0.25) is 0 Å². The Balaban J connectivity index is 2.13. The second-order valence-corrected chi connectivity index (χ2v) is 6.15. The van der Waals surface area contributed by atoms with Gasteiger partial charge in [0.1, 0.15) is 5.84 Å². The van der Waals surface area contributed by atoms with Gasteiger partial charge >= 0.3 is 0 Å². The maximum Gasteiger partial charge on any atom is 0.161 e. The SMILES string of the molecule is C/C(N)=C/C(N)=Nc1nc(-c2ccccc2)nc2c1CCCCC2. The molecule has 0 saturated heterocycles. The molecular formula is C19H23N5. The zero-order valence-corrected chi connectivity index (χ0v) is 14.0. The molecule has 1 heterocycles. The van der Waals surface area contributed by atoms with Crippen LogP contribution in [-0.4, -0.2) is 15.8 Å². The Morgan fingerprint density at radius 1 is 1.04 bits per heavy atom. The van der Waals surface area contributed by atoms with Crippen molar-refractivity contribution in [3.8, 4) is 11.4 Å². The number of hydrogen-bond donors (Lipinski definition) is 2. The number of amidine groups is 1. The molecule has 5 nitrogen and oxygen atoms in total. The van der Waals surface area contributed by atoms with Gasteiger partial charge in [0.05, 0.1) is 0 Å². The van der Waals surface area contributed by atoms with E-state index in [4.69, 9.17) is 21.4 Å². The van der Waals surface area contributed by atoms with Gasteiger partial charge < -0.3 is 11.5 Å². The van der Waals surface area contributed by atoms with Gasteiger partial charge in [-0.15, -0.1) is 0 Å². The number of fused-ring (bicyclic) bond motifs is 1. The second kappa shape index (κ2) is 7.25. The minimum Gasteiger partial charge on any atom is -0.402 e. The number of rotatable bonds is 3. The molecule has 0 aliphatic heterocycles. The molecule has 0 spiro atoms. The van der Waals surface area contributed by atoms with Crippen LogP contribution in [0.15, 0.2) is 47.1 Å². The highest BCUT2D eigenvalue weighted by molar-refractivity contribution is 5.93. The van der Waals surface area contributed by atoms with Crippen molar-refractivity contribution < 1.29 is 0 Å². The number of aliphatic imine (C=N–C) groups is 1. The molecule has 0 atom stereocenters. The number of benzene rings is 1. The molecule has 5 heteroatoms. The molecule has 1 aliphatic carbocycles. The Kier molecular flexibility index (Phi) is 4.89. The molecule has 0 fully saturated rings. The molecule has 0 amide bonds. The molecular weight excluding hydrogens is 298 g/mol. The lowest BCUT2D eigenvalue weighted by molar-refractivity contribution is 0.709. The summed E-state index contributed by atoms with van der Waals surface area (Å²) in [5.41, 5.74) is 15.5. The molecule has 0 unspecified atom stereocenters. The molecule has 2 aromatic rings. The third kappa shape index (κ3) is 3.79. The summed E-state index contributed by atoms with van der Waals surface area (Å²) in [5, 5.41) is 0. The summed E-state index contributed by atoms with van der Waals surface area (Å²) >= 11 is 0. The first-order valence-corrected chi connectivity index (χ1v) is 8.36. The minimum atomic E-state index is 0.374. The minimum absolute atomic E-state index is 0.374. The number of allylic oxidation sites excluding steroid dienone is 1. The number of nitrogens with two attached hydrogens (primary N) is 2. The van der Waals surface area contributed by atoms with Crippen LogP contribution in [0.25, 0.3) is 11.4 Å². The van der Waals surface area contributed by atoms with E-state index in [9.17, 15) is 0 Å². The Labute approximate surface area is 142 Å². The zero-order chi connectivity index (χ0) is 16.9. The van der Waals surface area contributed by atoms with Crippen LogP contribution >= 0.6 is 0 Å². The van der Waals surface area contributed by atoms with E-state index in [1.54, 1.807) is 13.0 Å². The summed E-state index contributed by atoms with van der Waals surface area (Å²) in [4.78, 5) is 14.0. The summed E-state index contributed by atoms with van der Waals surface area (Å²) in [6.07, 6.45) is 7.06. The van der Waals surface area contributed by atoms with Crippen molar-refractivity contribution in [2.45, 2.75) is 39.0 Å². The highest BCUT2D eigenvalue weighted by atomic mass is 15.0. The Bertz CT molecular complexity index is 774. The normalized spacial score (nSPS) is 15.7. The van der Waals surface area contributed by atoms with Crippen LogP contribution < -0.4 is 11.5 Å². The fourth-order valence-electron chi connectivity index (χ4n) is 2.95. The summed E-state index contributed by atoms with van der Waals surface area (Å²) in [5.74, 6) is 1.76. The lowest BCUT2D eigenvalue weighted by Crippen LogP contribution is -2.11. The quantitative estimate of drug-likeness (QED) is 0.516. The van der Waals surface area contributed by atoms with Crippen molar-refractivity contribution in [3.05, 3.63) is 53.4 Å². The van der Waals surface area contributed by atoms with Crippen molar-refractivity contribution in [2.75, 3.05) is 0 Å². The maximum absolute atomic E-state index is 6.00. The summed E-state index contributed by atoms with van der Waals surface area (Å²) < 4.78 is 0. The van der Waals surface area contributed by atoms with E-state index in [0.717, 1.165) is 42.5 Å². The fraction of sp³-hybridized carbons (Fsp3) is 0.316. The van der Waals surface area contributed by atoms with Crippen LogP contribution in [0.5, 0.6) is 0 Å². The third-order valence-electron chi connectivity index (χ3n) is 4.05. The fourth-order valence-corrected chi connectivity index (χ4v) is 2.95. The molecule has 1 aromatic heterocycles. The van der Waals surface area contributed by atoms with E-state index >= 15 is 0 Å². The first-order valence-electron chi connectivity index (χ1n) is 8.36. The topological polar surface area (TPSA) is 90.2 Å². The van der Waals surface area contributed by atoms with Crippen molar-refractivity contribution in [3.63, 3.8) is 0 Å². The van der Waals surface area contributed by atoms with Gasteiger partial charge in [-0.25, -0.2) is 15.0 Å². The first-order chi connectivity index (χ1) is 11.6. The molecule has 4 N–H and O–H groups in total. The van der Waals surface area contributed by atoms with E-state index in [1.165, 1.54) is 6.42 Å². The van der Waals surface area contributed by atoms with Crippen molar-refractivity contribution >= 4 is 11.7 Å². The molecule has 124 valence electrons. The van der Waals surface area contributed by atoms with Crippen LogP contribution in [0.1, 0.15) is 37.4 Å². The van der Waals surface area contributed by atoms with Gasteiger partial charge in [-0.2, -0.15) is 0 Å². The maximum atomic E-state index is 6.00. The molecule has 0 radical (unpaired) electrons. The first kappa shape index (κ1) is 16.2. The van der Waals surface area contributed by atoms with Crippen molar-refractivity contribution in [1.82, 2.24) is 9.97 Å². The van der Waals surface area contributed by atoms with Gasteiger partial charge in [0.25, 0.3) is 0 Å². The average molecular weight is 321 g/mol. The lowest BCUT2D eigenvalue weighted by Gasteiger charge is -2.11. The molecule has 1 aliphatic rings. The van der Waals surface area contributed by atoms with Crippen LogP contribution in [0.3, 0.4) is 0 Å². The highest BCUT2D eigenvalue weighted by Gasteiger charge is 2.17. The van der Waals surface area contributed by atoms with Crippen LogP contribution in [0.4, 0.5) is 5.82 Å². The van der Waals surface area contributed by atoms with Crippen LogP contribution in [0, 0.1) is 0 Å². The number of nitrogens with zero attached hydrogens (tertiary/aromatic N) is 3. The van der Waals surface area contributed by atoms with E-state index in [2.05, 4.69) is 4.99 Å². The summed E-state index contributed by atoms with van der Waals surface area (Å²) in [6.45, 7) is 1.79. The summed E-state index contributed by atoms with van der Waals surface area (Å²) in [7, 11) is 0. The molecule has 0 bridgehead atoms. The number of aromatic nitrogens is 2. The van der Waals surface area contributed by atoms with Gasteiger partial charge in [0, 0.05) is 22.5 Å². The summed E-state index contributed by atoms with van der Waals surface area (Å²) in [6, 6.07) is 9.99. The van der Waals surface area contributed by atoms with Gasteiger partial charge in [-0.1, -0.05) is 36.8 Å². The van der Waals surface area contributed by atoms with E-state index < -0.39 is 0 Å². The standard InChI is InChI=1S/C19H23N5/c1-13(20)12-17(21)23-19-15-10-6-3-7-11-16(15)22-18(24-19)14-8-4-2-5-9-14/h2,4-5,8-9,12H,3,6-7,10-11,20H2,1H3,(H2,21,22,23,24)/b13-12-. The number of aryl methyl sites for hydroxylation is 1. The predicted octanol–water partition coefficient (Wildman–Crippen LogP) is 3.26. The highest BCUT2D eigenvalue weighted by Crippen LogP contribution is 2.29. The Hall–Kier alpha value is -2.69. The van der Waals surface area contributed by atoms with E-state index in [-0.39, 0.29) is 0 Å². The van der Waals surface area contributed by atoms with Gasteiger partial charge in [0.2, 0.25) is 0 Å². The van der Waals surface area contributed by atoms with Crippen LogP contribution in [-0.2, 0) is 12.8 Å². The van der Waals surface area contributed by atoms with Crippen molar-refractivity contribution in [2.24, 2.45) is 16.5 Å². The number of hydrogen-bond acceptors (Lipinski definition) is 4. The molecule has 3 rings (SSSR count). The Morgan fingerprint density at radius 3 is 2.54 bits per heavy atom. The molecule has 1 aromatic carbocycles. The lowest BCUT2D eigenvalue weighted by atomic mass is 10.1. The van der Waals surface area contributed by atoms with Crippen molar-refractivity contribution in [1.29, 1.82) is 0 Å². The van der Waals surface area contributed by atoms with E-state index in [1.807, 2.05) is 30.3 Å². The average Bonchev–Trinajstić information content (AvgIpc) is 2.80. The second-order valence-electron chi connectivity index (χ2n) is 6.15. The van der Waals surface area contributed by atoms with Gasteiger partial charge in [0.15, 0.2) is 11.6 Å². The Morgan fingerprint density at radius 2 is 1.79 bits per heavy atom. The third-order valence-corrected chi connectivity index (χ3v) is 4.05. The predicted molar refractivity (Wildman–Crippen MR) is 98.0 cm³/mol.